The van der Waals surface area contributed by atoms with E-state index < -0.39 is 0 Å². The van der Waals surface area contributed by atoms with Gasteiger partial charge in [-0.15, -0.1) is 0 Å². The Balaban J connectivity index is 1.39. The van der Waals surface area contributed by atoms with Crippen LogP contribution in [0.15, 0.2) is 60.8 Å². The quantitative estimate of drug-likeness (QED) is 0.330. The standard InChI is InChI=1S/C28H30N2O5/c1-34-26-14-20(10-11-25(26)31)15-27(32)30-22-12-13-29-24(18-22)21-8-5-9-23(17-21)35-28(33)16-19-6-3-2-4-7-19/h5,8-14,17-19,31H,2-4,6-7,15-16H2,1H3,(H,29,30,32). The number of amides is 1. The number of ether oxygens (including phenoxy) is 2. The molecule has 7 nitrogen and oxygen atoms in total. The van der Waals surface area contributed by atoms with Crippen LogP contribution in [0.25, 0.3) is 11.3 Å². The fraction of sp³-hybridized carbons (Fsp3) is 0.321. The van der Waals surface area contributed by atoms with Crippen LogP contribution >= 0.6 is 0 Å². The molecule has 1 fully saturated rings. The van der Waals surface area contributed by atoms with Crippen molar-refractivity contribution in [3.8, 4) is 28.5 Å². The number of nitrogens with zero attached hydrogens (tertiary/aromatic N) is 1. The summed E-state index contributed by atoms with van der Waals surface area (Å²) in [7, 11) is 1.46. The van der Waals surface area contributed by atoms with Crippen molar-refractivity contribution in [1.29, 1.82) is 0 Å². The van der Waals surface area contributed by atoms with Crippen molar-refractivity contribution in [3.05, 3.63) is 66.4 Å². The van der Waals surface area contributed by atoms with Crippen molar-refractivity contribution in [2.45, 2.75) is 44.9 Å². The Hall–Kier alpha value is -3.87. The van der Waals surface area contributed by atoms with Crippen molar-refractivity contribution in [2.24, 2.45) is 5.92 Å². The highest BCUT2D eigenvalue weighted by atomic mass is 16.5. The number of benzene rings is 2. The second-order valence-electron chi connectivity index (χ2n) is 8.87. The summed E-state index contributed by atoms with van der Waals surface area (Å²) in [6.07, 6.45) is 8.03. The zero-order valence-corrected chi connectivity index (χ0v) is 19.8. The molecule has 7 heteroatoms. The first-order valence-electron chi connectivity index (χ1n) is 11.9. The van der Waals surface area contributed by atoms with Gasteiger partial charge in [-0.2, -0.15) is 0 Å². The van der Waals surface area contributed by atoms with Gasteiger partial charge in [-0.05, 0) is 60.7 Å². The smallest absolute Gasteiger partial charge is 0.311 e. The van der Waals surface area contributed by atoms with Gasteiger partial charge in [0.15, 0.2) is 11.5 Å². The maximum absolute atomic E-state index is 12.6. The molecule has 1 saturated carbocycles. The van der Waals surface area contributed by atoms with Crippen molar-refractivity contribution in [2.75, 3.05) is 12.4 Å². The summed E-state index contributed by atoms with van der Waals surface area (Å²) in [5.74, 6) is 0.845. The minimum atomic E-state index is -0.208. The van der Waals surface area contributed by atoms with E-state index in [9.17, 15) is 14.7 Å². The molecule has 0 unspecified atom stereocenters. The normalized spacial score (nSPS) is 13.7. The number of rotatable bonds is 8. The first-order valence-corrected chi connectivity index (χ1v) is 11.9. The monoisotopic (exact) mass is 474 g/mol. The number of aromatic hydroxyl groups is 1. The number of esters is 1. The molecule has 1 amide bonds. The van der Waals surface area contributed by atoms with Gasteiger partial charge in [0.05, 0.1) is 19.2 Å². The summed E-state index contributed by atoms with van der Waals surface area (Å²) in [5.41, 5.74) is 2.76. The molecule has 0 radical (unpaired) electrons. The number of hydrogen-bond donors (Lipinski definition) is 2. The Labute approximate surface area is 205 Å². The molecule has 0 aliphatic heterocycles. The first kappa shape index (κ1) is 24.3. The minimum absolute atomic E-state index is 0.0253. The predicted octanol–water partition coefficient (Wildman–Crippen LogP) is 5.52. The summed E-state index contributed by atoms with van der Waals surface area (Å²) in [4.78, 5) is 29.4. The average Bonchev–Trinajstić information content (AvgIpc) is 2.86. The summed E-state index contributed by atoms with van der Waals surface area (Å²) < 4.78 is 10.7. The lowest BCUT2D eigenvalue weighted by atomic mass is 9.87. The fourth-order valence-corrected chi connectivity index (χ4v) is 4.41. The van der Waals surface area contributed by atoms with E-state index in [-0.39, 0.29) is 24.0 Å². The maximum Gasteiger partial charge on any atom is 0.311 e. The second-order valence-corrected chi connectivity index (χ2v) is 8.87. The van der Waals surface area contributed by atoms with E-state index in [4.69, 9.17) is 9.47 Å². The van der Waals surface area contributed by atoms with Crippen LogP contribution in [0.2, 0.25) is 0 Å². The van der Waals surface area contributed by atoms with Crippen molar-refractivity contribution < 1.29 is 24.2 Å². The molecule has 1 aromatic heterocycles. The lowest BCUT2D eigenvalue weighted by Gasteiger charge is -2.20. The van der Waals surface area contributed by atoms with Crippen molar-refractivity contribution >= 4 is 17.6 Å². The number of anilines is 1. The summed E-state index contributed by atoms with van der Waals surface area (Å²) in [6.45, 7) is 0. The average molecular weight is 475 g/mol. The van der Waals surface area contributed by atoms with E-state index >= 15 is 0 Å². The van der Waals surface area contributed by atoms with E-state index in [1.165, 1.54) is 32.4 Å². The molecule has 35 heavy (non-hydrogen) atoms. The molecule has 2 aromatic carbocycles. The molecule has 0 spiro atoms. The van der Waals surface area contributed by atoms with Gasteiger partial charge >= 0.3 is 5.97 Å². The van der Waals surface area contributed by atoms with Gasteiger partial charge < -0.3 is 19.9 Å². The van der Waals surface area contributed by atoms with Gasteiger partial charge in [-0.1, -0.05) is 37.5 Å². The van der Waals surface area contributed by atoms with Gasteiger partial charge in [-0.25, -0.2) is 0 Å². The van der Waals surface area contributed by atoms with E-state index in [0.717, 1.165) is 18.4 Å². The highest BCUT2D eigenvalue weighted by molar-refractivity contribution is 5.92. The van der Waals surface area contributed by atoms with Crippen LogP contribution in [0, 0.1) is 5.92 Å². The number of methoxy groups -OCH3 is 1. The Kier molecular flexibility index (Phi) is 7.98. The number of nitrogens with one attached hydrogen (secondary N) is 1. The number of phenols is 1. The molecular weight excluding hydrogens is 444 g/mol. The van der Waals surface area contributed by atoms with E-state index in [1.807, 2.05) is 12.1 Å². The van der Waals surface area contributed by atoms with Crippen LogP contribution in [0.4, 0.5) is 5.69 Å². The molecule has 4 rings (SSSR count). The van der Waals surface area contributed by atoms with Crippen molar-refractivity contribution in [3.63, 3.8) is 0 Å². The third-order valence-corrected chi connectivity index (χ3v) is 6.19. The zero-order chi connectivity index (χ0) is 24.6. The second kappa shape index (κ2) is 11.5. The van der Waals surface area contributed by atoms with Gasteiger partial charge in [0.2, 0.25) is 5.91 Å². The molecule has 0 saturated heterocycles. The Morgan fingerprint density at radius 2 is 1.89 bits per heavy atom. The SMILES string of the molecule is COc1cc(CC(=O)Nc2ccnc(-c3cccc(OC(=O)CC4CCCCC4)c3)c2)ccc1O. The molecule has 3 aromatic rings. The van der Waals surface area contributed by atoms with Crippen LogP contribution in [-0.4, -0.2) is 29.1 Å². The first-order chi connectivity index (χ1) is 17.0. The summed E-state index contributed by atoms with van der Waals surface area (Å²) >= 11 is 0. The molecule has 1 aliphatic rings. The molecule has 2 N–H and O–H groups in total. The van der Waals surface area contributed by atoms with Crippen LogP contribution in [0.3, 0.4) is 0 Å². The van der Waals surface area contributed by atoms with Gasteiger partial charge in [0, 0.05) is 23.9 Å². The molecule has 1 aliphatic carbocycles. The van der Waals surface area contributed by atoms with Crippen LogP contribution < -0.4 is 14.8 Å². The van der Waals surface area contributed by atoms with Crippen molar-refractivity contribution in [1.82, 2.24) is 4.98 Å². The van der Waals surface area contributed by atoms with Crippen LogP contribution in [-0.2, 0) is 16.0 Å². The number of phenolic OH excluding ortho intramolecular Hbond substituents is 1. The maximum atomic E-state index is 12.6. The van der Waals surface area contributed by atoms with E-state index in [0.29, 0.717) is 40.8 Å². The van der Waals surface area contributed by atoms with Gasteiger partial charge in [0.25, 0.3) is 0 Å². The van der Waals surface area contributed by atoms with E-state index in [1.54, 1.807) is 42.6 Å². The minimum Gasteiger partial charge on any atom is -0.504 e. The number of pyridine rings is 1. The largest absolute Gasteiger partial charge is 0.504 e. The number of carbonyl (C=O) groups excluding carboxylic acids is 2. The highest BCUT2D eigenvalue weighted by Crippen LogP contribution is 2.29. The number of carbonyl (C=O) groups is 2. The topological polar surface area (TPSA) is 97.8 Å². The third-order valence-electron chi connectivity index (χ3n) is 6.19. The summed E-state index contributed by atoms with van der Waals surface area (Å²) in [6, 6.07) is 15.6. The van der Waals surface area contributed by atoms with E-state index in [2.05, 4.69) is 10.3 Å². The zero-order valence-electron chi connectivity index (χ0n) is 19.8. The molecule has 0 atom stereocenters. The van der Waals surface area contributed by atoms with Gasteiger partial charge in [0.1, 0.15) is 5.75 Å². The Bertz CT molecular complexity index is 1190. The molecule has 1 heterocycles. The Morgan fingerprint density at radius 3 is 2.69 bits per heavy atom. The highest BCUT2D eigenvalue weighted by Gasteiger charge is 2.18. The van der Waals surface area contributed by atoms with Crippen LogP contribution in [0.1, 0.15) is 44.1 Å². The van der Waals surface area contributed by atoms with Gasteiger partial charge in [-0.3, -0.25) is 14.6 Å². The third kappa shape index (κ3) is 6.82. The Morgan fingerprint density at radius 1 is 1.06 bits per heavy atom. The molecule has 0 bridgehead atoms. The lowest BCUT2D eigenvalue weighted by Crippen LogP contribution is -2.16. The number of hydrogen-bond acceptors (Lipinski definition) is 6. The van der Waals surface area contributed by atoms with Crippen LogP contribution in [0.5, 0.6) is 17.2 Å². The molecular formula is C28H30N2O5. The predicted molar refractivity (Wildman–Crippen MR) is 133 cm³/mol. The summed E-state index contributed by atoms with van der Waals surface area (Å²) in [5, 5.41) is 12.6. The fourth-order valence-electron chi connectivity index (χ4n) is 4.41. The lowest BCUT2D eigenvalue weighted by molar-refractivity contribution is -0.135. The number of aromatic nitrogens is 1. The molecule has 182 valence electrons.